The Balaban J connectivity index is 2.05. The second kappa shape index (κ2) is 7.22. The Morgan fingerprint density at radius 3 is 2.80 bits per heavy atom. The number of benzene rings is 1. The molecule has 2 aromatic rings. The molecule has 2 rings (SSSR count). The minimum atomic E-state index is 0.203. The van der Waals surface area contributed by atoms with E-state index in [1.807, 2.05) is 12.4 Å². The lowest BCUT2D eigenvalue weighted by molar-refractivity contribution is 0.494. The molecule has 1 aromatic carbocycles. The number of aromatic nitrogens is 2. The Labute approximate surface area is 121 Å². The summed E-state index contributed by atoms with van der Waals surface area (Å²) in [5.41, 5.74) is 5.58. The monoisotopic (exact) mass is 272 g/mol. The van der Waals surface area contributed by atoms with Crippen LogP contribution in [0.4, 0.5) is 0 Å². The SMILES string of the molecule is CCCn1ccnc1CC(Cc1ccccc1C)NN. The van der Waals surface area contributed by atoms with Crippen molar-refractivity contribution in [2.75, 3.05) is 0 Å². The number of imidazole rings is 1. The predicted octanol–water partition coefficient (Wildman–Crippen LogP) is 2.22. The van der Waals surface area contributed by atoms with Gasteiger partial charge in [-0.05, 0) is 30.9 Å². The number of hydrogen-bond acceptors (Lipinski definition) is 3. The van der Waals surface area contributed by atoms with Crippen LogP contribution in [-0.2, 0) is 19.4 Å². The van der Waals surface area contributed by atoms with Gasteiger partial charge in [-0.1, -0.05) is 31.2 Å². The van der Waals surface area contributed by atoms with Gasteiger partial charge in [-0.2, -0.15) is 0 Å². The minimum absolute atomic E-state index is 0.203. The van der Waals surface area contributed by atoms with Gasteiger partial charge in [0.05, 0.1) is 0 Å². The highest BCUT2D eigenvalue weighted by Crippen LogP contribution is 2.12. The van der Waals surface area contributed by atoms with E-state index >= 15 is 0 Å². The molecule has 0 aliphatic rings. The van der Waals surface area contributed by atoms with Gasteiger partial charge in [0.2, 0.25) is 0 Å². The van der Waals surface area contributed by atoms with Crippen LogP contribution < -0.4 is 11.3 Å². The third kappa shape index (κ3) is 3.68. The molecule has 0 amide bonds. The van der Waals surface area contributed by atoms with Crippen molar-refractivity contribution in [1.29, 1.82) is 0 Å². The quantitative estimate of drug-likeness (QED) is 0.600. The molecule has 0 saturated heterocycles. The maximum absolute atomic E-state index is 5.72. The van der Waals surface area contributed by atoms with Gasteiger partial charge in [0.1, 0.15) is 5.82 Å². The van der Waals surface area contributed by atoms with Crippen molar-refractivity contribution in [2.24, 2.45) is 5.84 Å². The average Bonchev–Trinajstić information content (AvgIpc) is 2.88. The molecular weight excluding hydrogens is 248 g/mol. The van der Waals surface area contributed by atoms with Gasteiger partial charge in [-0.15, -0.1) is 0 Å². The summed E-state index contributed by atoms with van der Waals surface area (Å²) in [6.07, 6.45) is 6.79. The van der Waals surface area contributed by atoms with E-state index in [4.69, 9.17) is 5.84 Å². The fourth-order valence-corrected chi connectivity index (χ4v) is 2.49. The number of aryl methyl sites for hydroxylation is 2. The summed E-state index contributed by atoms with van der Waals surface area (Å²) < 4.78 is 2.21. The molecule has 0 spiro atoms. The molecule has 1 heterocycles. The van der Waals surface area contributed by atoms with Crippen LogP contribution in [0.5, 0.6) is 0 Å². The number of hydrogen-bond donors (Lipinski definition) is 2. The lowest BCUT2D eigenvalue weighted by Crippen LogP contribution is -2.39. The van der Waals surface area contributed by atoms with Gasteiger partial charge < -0.3 is 4.57 Å². The van der Waals surface area contributed by atoms with E-state index in [1.54, 1.807) is 0 Å². The van der Waals surface area contributed by atoms with Gasteiger partial charge in [-0.3, -0.25) is 11.3 Å². The third-order valence-electron chi connectivity index (χ3n) is 3.66. The van der Waals surface area contributed by atoms with E-state index in [1.165, 1.54) is 11.1 Å². The van der Waals surface area contributed by atoms with Gasteiger partial charge in [0.25, 0.3) is 0 Å². The zero-order chi connectivity index (χ0) is 14.4. The number of rotatable bonds is 7. The summed E-state index contributed by atoms with van der Waals surface area (Å²) in [4.78, 5) is 4.45. The molecule has 0 fully saturated rings. The zero-order valence-electron chi connectivity index (χ0n) is 12.3. The first-order valence-corrected chi connectivity index (χ1v) is 7.25. The van der Waals surface area contributed by atoms with Gasteiger partial charge in [-0.25, -0.2) is 4.98 Å². The summed E-state index contributed by atoms with van der Waals surface area (Å²) >= 11 is 0. The molecule has 1 atom stereocenters. The van der Waals surface area contributed by atoms with Gasteiger partial charge in [0.15, 0.2) is 0 Å². The second-order valence-corrected chi connectivity index (χ2v) is 5.24. The fraction of sp³-hybridized carbons (Fsp3) is 0.438. The predicted molar refractivity (Wildman–Crippen MR) is 82.2 cm³/mol. The maximum Gasteiger partial charge on any atom is 0.110 e. The second-order valence-electron chi connectivity index (χ2n) is 5.24. The van der Waals surface area contributed by atoms with E-state index < -0.39 is 0 Å². The van der Waals surface area contributed by atoms with Crippen LogP contribution in [-0.4, -0.2) is 15.6 Å². The van der Waals surface area contributed by atoms with Crippen LogP contribution in [0.15, 0.2) is 36.7 Å². The standard InChI is InChI=1S/C16H24N4/c1-3-9-20-10-8-18-16(20)12-15(19-17)11-14-7-5-4-6-13(14)2/h4-8,10,15,19H,3,9,11-12,17H2,1-2H3. The van der Waals surface area contributed by atoms with Crippen molar-refractivity contribution in [2.45, 2.75) is 45.7 Å². The average molecular weight is 272 g/mol. The lowest BCUT2D eigenvalue weighted by Gasteiger charge is -2.17. The fourth-order valence-electron chi connectivity index (χ4n) is 2.49. The van der Waals surface area contributed by atoms with E-state index in [9.17, 15) is 0 Å². The Bertz CT molecular complexity index is 533. The highest BCUT2D eigenvalue weighted by Gasteiger charge is 2.13. The van der Waals surface area contributed by atoms with Crippen LogP contribution in [0, 0.1) is 6.92 Å². The molecule has 1 aromatic heterocycles. The highest BCUT2D eigenvalue weighted by atomic mass is 15.2. The summed E-state index contributed by atoms with van der Waals surface area (Å²) in [5.74, 6) is 6.82. The summed E-state index contributed by atoms with van der Waals surface area (Å²) in [5, 5.41) is 0. The first-order chi connectivity index (χ1) is 9.74. The molecular formula is C16H24N4. The van der Waals surface area contributed by atoms with E-state index in [0.717, 1.165) is 31.6 Å². The molecule has 0 aliphatic heterocycles. The Kier molecular flexibility index (Phi) is 5.32. The van der Waals surface area contributed by atoms with E-state index in [-0.39, 0.29) is 6.04 Å². The van der Waals surface area contributed by atoms with Crippen LogP contribution in [0.25, 0.3) is 0 Å². The molecule has 0 saturated carbocycles. The largest absolute Gasteiger partial charge is 0.335 e. The summed E-state index contributed by atoms with van der Waals surface area (Å²) in [6.45, 7) is 5.33. The van der Waals surface area contributed by atoms with Crippen LogP contribution in [0.1, 0.15) is 30.3 Å². The molecule has 0 bridgehead atoms. The van der Waals surface area contributed by atoms with Crippen molar-refractivity contribution < 1.29 is 0 Å². The molecule has 0 aliphatic carbocycles. The van der Waals surface area contributed by atoms with Crippen LogP contribution >= 0.6 is 0 Å². The van der Waals surface area contributed by atoms with E-state index in [2.05, 4.69) is 53.1 Å². The molecule has 108 valence electrons. The molecule has 1 unspecified atom stereocenters. The first kappa shape index (κ1) is 14.8. The number of nitrogens with zero attached hydrogens (tertiary/aromatic N) is 2. The van der Waals surface area contributed by atoms with Crippen molar-refractivity contribution in [3.8, 4) is 0 Å². The van der Waals surface area contributed by atoms with Gasteiger partial charge >= 0.3 is 0 Å². The summed E-state index contributed by atoms with van der Waals surface area (Å²) in [7, 11) is 0. The highest BCUT2D eigenvalue weighted by molar-refractivity contribution is 5.26. The van der Waals surface area contributed by atoms with Crippen LogP contribution in [0.2, 0.25) is 0 Å². The molecule has 20 heavy (non-hydrogen) atoms. The molecule has 4 heteroatoms. The third-order valence-corrected chi connectivity index (χ3v) is 3.66. The number of hydrazine groups is 1. The van der Waals surface area contributed by atoms with Crippen molar-refractivity contribution in [3.05, 3.63) is 53.6 Å². The smallest absolute Gasteiger partial charge is 0.110 e. The van der Waals surface area contributed by atoms with E-state index in [0.29, 0.717) is 0 Å². The van der Waals surface area contributed by atoms with Crippen molar-refractivity contribution in [1.82, 2.24) is 15.0 Å². The normalized spacial score (nSPS) is 12.6. The summed E-state index contributed by atoms with van der Waals surface area (Å²) in [6, 6.07) is 8.65. The van der Waals surface area contributed by atoms with Gasteiger partial charge in [0, 0.05) is 31.4 Å². The zero-order valence-corrected chi connectivity index (χ0v) is 12.3. The minimum Gasteiger partial charge on any atom is -0.335 e. The molecule has 3 N–H and O–H groups in total. The van der Waals surface area contributed by atoms with Crippen LogP contribution in [0.3, 0.4) is 0 Å². The van der Waals surface area contributed by atoms with Crippen molar-refractivity contribution >= 4 is 0 Å². The Morgan fingerprint density at radius 1 is 1.30 bits per heavy atom. The molecule has 4 nitrogen and oxygen atoms in total. The Morgan fingerprint density at radius 2 is 2.10 bits per heavy atom. The van der Waals surface area contributed by atoms with Crippen molar-refractivity contribution in [3.63, 3.8) is 0 Å². The Hall–Kier alpha value is -1.65. The topological polar surface area (TPSA) is 55.9 Å². The number of nitrogens with one attached hydrogen (secondary N) is 1. The first-order valence-electron chi connectivity index (χ1n) is 7.25. The number of nitrogens with two attached hydrogens (primary N) is 1. The molecule has 0 radical (unpaired) electrons. The lowest BCUT2D eigenvalue weighted by atomic mass is 9.99. The maximum atomic E-state index is 5.72.